The van der Waals surface area contributed by atoms with E-state index in [-0.39, 0.29) is 90.1 Å². The van der Waals surface area contributed by atoms with Gasteiger partial charge in [-0.1, -0.05) is 13.8 Å². The zero-order valence-electron chi connectivity index (χ0n) is 51.6. The van der Waals surface area contributed by atoms with Crippen LogP contribution in [0.2, 0.25) is 0 Å². The lowest BCUT2D eigenvalue weighted by molar-refractivity contribution is -0.193. The Hall–Kier alpha value is -7.39. The van der Waals surface area contributed by atoms with Gasteiger partial charge in [-0.2, -0.15) is 38.4 Å². The number of hydrogen-bond donors (Lipinski definition) is 13. The van der Waals surface area contributed by atoms with Gasteiger partial charge in [0.25, 0.3) is 0 Å². The van der Waals surface area contributed by atoms with Crippen molar-refractivity contribution in [3.05, 3.63) is 0 Å². The van der Waals surface area contributed by atoms with Gasteiger partial charge in [0.2, 0.25) is 0 Å². The Kier molecular flexibility index (Phi) is 72.9. The third-order valence-electron chi connectivity index (χ3n) is 9.78. The molecule has 0 aliphatic rings. The number of ether oxygens (including phenoxy) is 2. The molecule has 0 aliphatic heterocycles. The maximum absolute atomic E-state index is 11.1. The molecule has 0 aliphatic carbocycles. The molecule has 0 atom stereocenters. The van der Waals surface area contributed by atoms with Crippen molar-refractivity contribution in [2.75, 3.05) is 205 Å². The number of likely N-dealkylation sites (N-methyl/N-ethyl adjacent to an activating group) is 2. The van der Waals surface area contributed by atoms with Crippen LogP contribution in [-0.4, -0.2) is 393 Å². The molecule has 0 radical (unpaired) electrons. The summed E-state index contributed by atoms with van der Waals surface area (Å²) in [6, 6.07) is 0. The molecular formula is C47H87N9O34P2. The van der Waals surface area contributed by atoms with Crippen LogP contribution in [0.1, 0.15) is 20.3 Å². The lowest BCUT2D eigenvalue weighted by atomic mass is 10.3. The highest BCUT2D eigenvalue weighted by Gasteiger charge is 2.26. The van der Waals surface area contributed by atoms with E-state index in [0.717, 1.165) is 36.0 Å². The van der Waals surface area contributed by atoms with E-state index in [2.05, 4.69) is 4.90 Å². The summed E-state index contributed by atoms with van der Waals surface area (Å²) in [5, 5.41) is 77.9. The van der Waals surface area contributed by atoms with Gasteiger partial charge in [0.15, 0.2) is 0 Å². The van der Waals surface area contributed by atoms with Crippen LogP contribution in [0, 0.1) is 0 Å². The number of carbonyl (C=O) groups excluding carboxylic acids is 8. The molecule has 43 nitrogen and oxygen atoms in total. The van der Waals surface area contributed by atoms with Gasteiger partial charge in [-0.05, 0) is 54.2 Å². The molecule has 0 heterocycles. The van der Waals surface area contributed by atoms with Gasteiger partial charge in [-0.15, -0.1) is 0 Å². The average Bonchev–Trinajstić information content (AvgIpc) is 1.48. The van der Waals surface area contributed by atoms with Gasteiger partial charge in [0.1, 0.15) is 12.6 Å². The summed E-state index contributed by atoms with van der Waals surface area (Å²) < 4.78 is 32.4. The smallest absolute Gasteiger partial charge is 0.373 e. The molecule has 0 saturated heterocycles. The number of carbonyl (C=O) groups is 9. The summed E-state index contributed by atoms with van der Waals surface area (Å²) in [6.07, 6.45) is 0.342. The van der Waals surface area contributed by atoms with Crippen LogP contribution >= 0.6 is 15.2 Å². The topological polar surface area (TPSA) is 635 Å². The molecule has 0 unspecified atom stereocenters. The van der Waals surface area contributed by atoms with Crippen LogP contribution in [-0.2, 0) is 100 Å². The van der Waals surface area contributed by atoms with E-state index in [1.807, 2.05) is 51.8 Å². The molecule has 0 spiro atoms. The number of rotatable bonds is 46. The fourth-order valence-electron chi connectivity index (χ4n) is 6.29. The SMILES string of the molecule is CCN(CC)CCCN(CP(=O)(O)O)CP(=O)(O)O.CN(C)CCN(CCN(CCN(CC(=O)O)CC(=O)O)CC(=O)O)CC(=O)O.CN(C)CCOCCOCCN(CC(=O)O)CC(=O)O.O=C(O)CN(CC(=O)O)CC(=O)O.O=C=O.O=C=O.O=C=O.O=C=O. The zero-order chi connectivity index (χ0) is 73.4. The van der Waals surface area contributed by atoms with E-state index in [0.29, 0.717) is 45.9 Å². The molecule has 0 saturated carbocycles. The van der Waals surface area contributed by atoms with E-state index >= 15 is 0 Å². The van der Waals surface area contributed by atoms with Gasteiger partial charge < -0.3 is 89.7 Å². The second-order valence-corrected chi connectivity index (χ2v) is 21.4. The number of hydrogen-bond acceptors (Lipinski definition) is 30. The molecule has 45 heteroatoms. The summed E-state index contributed by atoms with van der Waals surface area (Å²) in [7, 11) is -1.01. The van der Waals surface area contributed by atoms with Crippen LogP contribution < -0.4 is 0 Å². The van der Waals surface area contributed by atoms with Crippen molar-refractivity contribution < 1.29 is 166 Å². The predicted molar refractivity (Wildman–Crippen MR) is 303 cm³/mol. The summed E-state index contributed by atoms with van der Waals surface area (Å²) in [5.74, 6) is -10.3. The van der Waals surface area contributed by atoms with Crippen LogP contribution in [0.4, 0.5) is 0 Å². The molecular weight excluding hydrogens is 1300 g/mol. The average molecular weight is 1380 g/mol. The maximum atomic E-state index is 11.1. The Balaban J connectivity index is -0.000000164. The van der Waals surface area contributed by atoms with Crippen molar-refractivity contribution in [1.29, 1.82) is 0 Å². The summed E-state index contributed by atoms with van der Waals surface area (Å²) in [6.45, 7) is 7.62. The largest absolute Gasteiger partial charge is 0.480 e. The number of nitrogens with zero attached hydrogens (tertiary/aromatic N) is 9. The van der Waals surface area contributed by atoms with Crippen molar-refractivity contribution in [2.24, 2.45) is 0 Å². The number of carboxylic acids is 9. The molecule has 0 rings (SSSR count). The molecule has 0 amide bonds. The quantitative estimate of drug-likeness (QED) is 0.0199. The standard InChI is InChI=1S/C16H30N4O8.C12H24N2O6.C9H24N2O6P2.C6H9NO6.4CO2/c1-17(2)3-4-18(9-13(21)22)5-6-19(10-14(23)24)7-8-20(11-15(25)26)12-16(27)28;1-13(2)3-5-19-7-8-20-6-4-14(9-11(15)16)10-12(17)18;1-3-10(4-2)6-5-7-11(8-18(12,13)14)9-19(15,16)17;8-4(9)1-7(2-5(10)11)3-6(12)13;4*2-1-3/h3-12H2,1-2H3,(H,21,22)(H,23,24)(H,25,26)(H,27,28);3-10H2,1-2H3,(H,15,16)(H,17,18);3-9H2,1-2H3,(H2,12,13,14)(H2,15,16,17);1-3H2,(H,8,9)(H,10,11)(H,12,13);;;;. The Morgan fingerprint density at radius 2 is 0.522 bits per heavy atom. The molecule has 0 fully saturated rings. The normalized spacial score (nSPS) is 10.5. The van der Waals surface area contributed by atoms with E-state index in [1.165, 1.54) is 14.7 Å². The minimum Gasteiger partial charge on any atom is -0.480 e. The van der Waals surface area contributed by atoms with Gasteiger partial charge in [0.05, 0.1) is 85.3 Å². The Labute approximate surface area is 527 Å². The second-order valence-electron chi connectivity index (χ2n) is 18.2. The summed E-state index contributed by atoms with van der Waals surface area (Å²) in [4.78, 5) is 210. The van der Waals surface area contributed by atoms with Gasteiger partial charge in [-0.25, -0.2) is 0 Å². The monoisotopic (exact) mass is 1380 g/mol. The molecule has 0 aromatic carbocycles. The fraction of sp³-hybridized carbons (Fsp3) is 0.723. The lowest BCUT2D eigenvalue weighted by Gasteiger charge is -2.28. The molecule has 534 valence electrons. The zero-order valence-corrected chi connectivity index (χ0v) is 53.4. The Morgan fingerprint density at radius 1 is 0.304 bits per heavy atom. The molecule has 0 bridgehead atoms. The number of aliphatic carboxylic acids is 9. The molecule has 0 aromatic rings. The van der Waals surface area contributed by atoms with Crippen LogP contribution in [0.3, 0.4) is 0 Å². The van der Waals surface area contributed by atoms with Crippen molar-refractivity contribution in [3.63, 3.8) is 0 Å². The van der Waals surface area contributed by atoms with Crippen molar-refractivity contribution in [2.45, 2.75) is 20.3 Å². The molecule has 0 aromatic heterocycles. The Bertz CT molecular complexity index is 2140. The first-order valence-electron chi connectivity index (χ1n) is 26.1. The molecule has 13 N–H and O–H groups in total. The maximum Gasteiger partial charge on any atom is 0.373 e. The fourth-order valence-corrected chi connectivity index (χ4v) is 7.97. The van der Waals surface area contributed by atoms with Crippen molar-refractivity contribution in [1.82, 2.24) is 44.1 Å². The second kappa shape index (κ2) is 66.5. The van der Waals surface area contributed by atoms with E-state index in [9.17, 15) is 52.3 Å². The van der Waals surface area contributed by atoms with E-state index < -0.39 is 114 Å². The first-order chi connectivity index (χ1) is 42.5. The molecule has 92 heavy (non-hydrogen) atoms. The predicted octanol–water partition coefficient (Wildman–Crippen LogP) is -6.66. The van der Waals surface area contributed by atoms with Crippen LogP contribution in [0.15, 0.2) is 0 Å². The summed E-state index contributed by atoms with van der Waals surface area (Å²) >= 11 is 0. The van der Waals surface area contributed by atoms with Gasteiger partial charge in [0, 0.05) is 58.9 Å². The van der Waals surface area contributed by atoms with Crippen molar-refractivity contribution in [3.8, 4) is 0 Å². The highest BCUT2D eigenvalue weighted by molar-refractivity contribution is 7.52. The van der Waals surface area contributed by atoms with Gasteiger partial charge >= 0.3 is 93.5 Å². The third kappa shape index (κ3) is 98.8. The third-order valence-corrected chi connectivity index (χ3v) is 11.3. The highest BCUT2D eigenvalue weighted by Crippen LogP contribution is 2.40. The van der Waals surface area contributed by atoms with Gasteiger partial charge in [-0.3, -0.25) is 81.7 Å². The summed E-state index contributed by atoms with van der Waals surface area (Å²) in [5.41, 5.74) is 0. The minimum atomic E-state index is -4.32. The van der Waals surface area contributed by atoms with E-state index in [4.69, 9.17) is 113 Å². The highest BCUT2D eigenvalue weighted by atomic mass is 31.2. The van der Waals surface area contributed by atoms with Crippen LogP contribution in [0.25, 0.3) is 0 Å². The number of carboxylic acid groups (broad SMARTS) is 9. The first-order valence-corrected chi connectivity index (χ1v) is 29.7. The lowest BCUT2D eigenvalue weighted by Crippen LogP contribution is -2.45. The Morgan fingerprint density at radius 3 is 0.772 bits per heavy atom. The van der Waals surface area contributed by atoms with E-state index in [1.54, 1.807) is 4.90 Å². The van der Waals surface area contributed by atoms with Crippen molar-refractivity contribution >= 4 is 93.5 Å². The van der Waals surface area contributed by atoms with Crippen LogP contribution in [0.5, 0.6) is 0 Å². The minimum absolute atomic E-state index is 0.0580. The first kappa shape index (κ1) is 101.